The monoisotopic (exact) mass is 411 g/mol. The van der Waals surface area contributed by atoms with Crippen LogP contribution in [0.25, 0.3) is 11.3 Å². The van der Waals surface area contributed by atoms with E-state index in [0.29, 0.717) is 6.61 Å². The molecule has 3 N–H and O–H groups in total. The van der Waals surface area contributed by atoms with Crippen molar-refractivity contribution in [2.24, 2.45) is 10.7 Å². The third-order valence-electron chi connectivity index (χ3n) is 4.72. The van der Waals surface area contributed by atoms with Gasteiger partial charge in [-0.1, -0.05) is 19.1 Å². The first kappa shape index (κ1) is 20.8. The lowest BCUT2D eigenvalue weighted by Crippen LogP contribution is -2.23. The van der Waals surface area contributed by atoms with Gasteiger partial charge in [-0.05, 0) is 49.2 Å². The molecule has 0 saturated heterocycles. The molecule has 1 atom stereocenters. The van der Waals surface area contributed by atoms with E-state index < -0.39 is 5.91 Å². The first-order valence-electron chi connectivity index (χ1n) is 9.40. The summed E-state index contributed by atoms with van der Waals surface area (Å²) in [5.41, 5.74) is 9.28. The maximum absolute atomic E-state index is 11.6. The topological polar surface area (TPSA) is 89.8 Å². The smallest absolute Gasteiger partial charge is 0.252 e. The van der Waals surface area contributed by atoms with Gasteiger partial charge in [-0.15, -0.1) is 11.3 Å². The van der Waals surface area contributed by atoms with E-state index >= 15 is 0 Å². The highest BCUT2D eigenvalue weighted by molar-refractivity contribution is 7.07. The highest BCUT2D eigenvalue weighted by Crippen LogP contribution is 2.28. The number of nitrogens with zero attached hydrogens (tertiary/aromatic N) is 2. The van der Waals surface area contributed by atoms with E-state index in [1.54, 1.807) is 19.2 Å². The van der Waals surface area contributed by atoms with E-state index in [4.69, 9.17) is 15.5 Å². The van der Waals surface area contributed by atoms with Gasteiger partial charge in [-0.25, -0.2) is 4.99 Å². The molecule has 0 radical (unpaired) electrons. The quantitative estimate of drug-likeness (QED) is 0.615. The van der Waals surface area contributed by atoms with E-state index in [-0.39, 0.29) is 17.4 Å². The number of aryl methyl sites for hydroxylation is 1. The first-order chi connectivity index (χ1) is 13.9. The van der Waals surface area contributed by atoms with Gasteiger partial charge in [0, 0.05) is 18.1 Å². The molecule has 1 aromatic heterocycles. The zero-order chi connectivity index (χ0) is 21.0. The van der Waals surface area contributed by atoms with Gasteiger partial charge < -0.3 is 20.1 Å². The second-order valence-corrected chi connectivity index (χ2v) is 7.64. The molecule has 0 fully saturated rings. The van der Waals surface area contributed by atoms with Crippen molar-refractivity contribution >= 4 is 22.9 Å². The Morgan fingerprint density at radius 3 is 2.62 bits per heavy atom. The summed E-state index contributed by atoms with van der Waals surface area (Å²) in [5.74, 6) is -0.800. The number of carbonyl (C=O) groups is 1. The van der Waals surface area contributed by atoms with Crippen LogP contribution in [-0.2, 0) is 11.2 Å². The first-order valence-corrected chi connectivity index (χ1v) is 10.3. The van der Waals surface area contributed by atoms with Gasteiger partial charge >= 0.3 is 0 Å². The number of hydrogen-bond donors (Lipinski definition) is 2. The number of hydrogen-bond acceptors (Lipinski definition) is 5. The third-order valence-corrected chi connectivity index (χ3v) is 5.56. The summed E-state index contributed by atoms with van der Waals surface area (Å²) in [6.07, 6.45) is 0.983. The Hall–Kier alpha value is -2.90. The number of rotatable bonds is 7. The average molecular weight is 412 g/mol. The van der Waals surface area contributed by atoms with E-state index in [9.17, 15) is 9.90 Å². The fraction of sp³-hybridized carbons (Fsp3) is 0.273. The summed E-state index contributed by atoms with van der Waals surface area (Å²) < 4.78 is 7.45. The van der Waals surface area contributed by atoms with Crippen LogP contribution in [0.15, 0.2) is 52.8 Å². The predicted molar refractivity (Wildman–Crippen MR) is 116 cm³/mol. The molecule has 1 heterocycles. The molecule has 0 spiro atoms. The molecule has 2 aromatic carbocycles. The number of primary amides is 1. The number of amides is 1. The summed E-state index contributed by atoms with van der Waals surface area (Å²) >= 11 is 1.51. The normalized spacial score (nSPS) is 12.9. The number of carbonyl (C=O) groups excluding carboxylic acids is 1. The Bertz CT molecular complexity index is 1070. The summed E-state index contributed by atoms with van der Waals surface area (Å²) in [5, 5.41) is 11.9. The van der Waals surface area contributed by atoms with Crippen LogP contribution >= 0.6 is 11.3 Å². The Kier molecular flexibility index (Phi) is 6.51. The van der Waals surface area contributed by atoms with Gasteiger partial charge in [0.1, 0.15) is 5.75 Å². The van der Waals surface area contributed by atoms with E-state index in [1.165, 1.54) is 23.0 Å². The third kappa shape index (κ3) is 4.58. The van der Waals surface area contributed by atoms with Crippen LogP contribution in [0.3, 0.4) is 0 Å². The number of aromatic nitrogens is 1. The Balaban J connectivity index is 2.15. The van der Waals surface area contributed by atoms with E-state index in [0.717, 1.165) is 28.2 Å². The van der Waals surface area contributed by atoms with Gasteiger partial charge in [0.15, 0.2) is 4.80 Å². The second kappa shape index (κ2) is 9.07. The summed E-state index contributed by atoms with van der Waals surface area (Å²) in [6, 6.07) is 13.0. The average Bonchev–Trinajstić information content (AvgIpc) is 3.12. The lowest BCUT2D eigenvalue weighted by atomic mass is 10.1. The van der Waals surface area contributed by atoms with Crippen LogP contribution in [-0.4, -0.2) is 29.3 Å². The number of aromatic hydroxyl groups is 1. The van der Waals surface area contributed by atoms with Crippen molar-refractivity contribution in [3.63, 3.8) is 0 Å². The molecule has 0 aliphatic rings. The van der Waals surface area contributed by atoms with Crippen LogP contribution in [0, 0.1) is 0 Å². The fourth-order valence-corrected chi connectivity index (χ4v) is 4.18. The molecule has 29 heavy (non-hydrogen) atoms. The van der Waals surface area contributed by atoms with Gasteiger partial charge in [-0.3, -0.25) is 4.79 Å². The lowest BCUT2D eigenvalue weighted by molar-refractivity contribution is 0.0998. The molecule has 0 saturated carbocycles. The Labute approximate surface area is 173 Å². The Morgan fingerprint density at radius 1 is 1.28 bits per heavy atom. The molecule has 6 nitrogen and oxygen atoms in total. The van der Waals surface area contributed by atoms with Crippen LogP contribution in [0.2, 0.25) is 0 Å². The number of phenols is 1. The number of benzene rings is 2. The zero-order valence-electron chi connectivity index (χ0n) is 16.8. The highest BCUT2D eigenvalue weighted by atomic mass is 32.1. The minimum absolute atomic E-state index is 0.0146. The molecular formula is C22H25N3O3S. The minimum Gasteiger partial charge on any atom is -0.507 e. The van der Waals surface area contributed by atoms with Gasteiger partial charge in [0.05, 0.1) is 29.6 Å². The summed E-state index contributed by atoms with van der Waals surface area (Å²) in [4.78, 5) is 17.3. The van der Waals surface area contributed by atoms with Crippen LogP contribution in [0.1, 0.15) is 35.8 Å². The fourth-order valence-electron chi connectivity index (χ4n) is 3.16. The van der Waals surface area contributed by atoms with Crippen LogP contribution in [0.5, 0.6) is 5.75 Å². The number of ether oxygens (including phenoxy) is 1. The molecule has 0 bridgehead atoms. The molecule has 3 rings (SSSR count). The number of nitrogens with two attached hydrogens (primary N) is 1. The molecule has 7 heteroatoms. The second-order valence-electron chi connectivity index (χ2n) is 6.81. The van der Waals surface area contributed by atoms with Crippen LogP contribution < -0.4 is 10.5 Å². The predicted octanol–water partition coefficient (Wildman–Crippen LogP) is 4.02. The highest BCUT2D eigenvalue weighted by Gasteiger charge is 2.16. The molecule has 3 aromatic rings. The molecule has 0 aliphatic carbocycles. The Morgan fingerprint density at radius 2 is 2.00 bits per heavy atom. The number of thiazole rings is 1. The van der Waals surface area contributed by atoms with Crippen LogP contribution in [0.4, 0.5) is 5.69 Å². The molecule has 0 aliphatic heterocycles. The van der Waals surface area contributed by atoms with Gasteiger partial charge in [0.2, 0.25) is 0 Å². The van der Waals surface area contributed by atoms with Crippen molar-refractivity contribution in [1.82, 2.24) is 4.57 Å². The molecular weight excluding hydrogens is 386 g/mol. The van der Waals surface area contributed by atoms with Gasteiger partial charge in [-0.2, -0.15) is 0 Å². The maximum Gasteiger partial charge on any atom is 0.252 e. The van der Waals surface area contributed by atoms with Crippen molar-refractivity contribution in [1.29, 1.82) is 0 Å². The van der Waals surface area contributed by atoms with Crippen molar-refractivity contribution in [3.8, 4) is 17.0 Å². The minimum atomic E-state index is -0.669. The zero-order valence-corrected chi connectivity index (χ0v) is 17.6. The molecule has 152 valence electrons. The lowest BCUT2D eigenvalue weighted by Gasteiger charge is -2.17. The van der Waals surface area contributed by atoms with E-state index in [2.05, 4.69) is 23.6 Å². The van der Waals surface area contributed by atoms with Crippen molar-refractivity contribution in [2.45, 2.75) is 26.3 Å². The SMILES string of the molecule is CCc1ccc(N=c2scc(-c3ccc(O)c(C(N)=O)c3)n2[C@H](C)COC)cc1. The van der Waals surface area contributed by atoms with Crippen molar-refractivity contribution in [2.75, 3.05) is 13.7 Å². The van der Waals surface area contributed by atoms with E-state index in [1.807, 2.05) is 24.4 Å². The number of methoxy groups -OCH3 is 1. The van der Waals surface area contributed by atoms with Crippen molar-refractivity contribution in [3.05, 3.63) is 63.8 Å². The van der Waals surface area contributed by atoms with Gasteiger partial charge in [0.25, 0.3) is 5.91 Å². The molecule has 0 unspecified atom stereocenters. The molecule has 1 amide bonds. The summed E-state index contributed by atoms with van der Waals surface area (Å²) in [7, 11) is 1.66. The van der Waals surface area contributed by atoms with Crippen molar-refractivity contribution < 1.29 is 14.6 Å². The standard InChI is InChI=1S/C22H25N3O3S/c1-4-15-5-8-17(9-6-15)24-22-25(14(2)12-28-3)19(13-29-22)16-7-10-20(26)18(11-16)21(23)27/h5-11,13-14,26H,4,12H2,1-3H3,(H2,23,27)/t14-/m1/s1. The summed E-state index contributed by atoms with van der Waals surface area (Å²) in [6.45, 7) is 4.68. The largest absolute Gasteiger partial charge is 0.507 e. The maximum atomic E-state index is 11.6.